The maximum atomic E-state index is 5.65. The van der Waals surface area contributed by atoms with Crippen LogP contribution in [0.4, 0.5) is 0 Å². The Labute approximate surface area is 106 Å². The van der Waals surface area contributed by atoms with Gasteiger partial charge in [0.25, 0.3) is 0 Å². The van der Waals surface area contributed by atoms with Gasteiger partial charge in [-0.15, -0.1) is 0 Å². The van der Waals surface area contributed by atoms with Crippen molar-refractivity contribution < 1.29 is 4.74 Å². The number of aromatic nitrogens is 2. The van der Waals surface area contributed by atoms with Gasteiger partial charge in [0.05, 0.1) is 29.9 Å². The lowest BCUT2D eigenvalue weighted by molar-refractivity contribution is 0.284. The van der Waals surface area contributed by atoms with E-state index in [4.69, 9.17) is 4.74 Å². The molecule has 0 N–H and O–H groups in total. The minimum Gasteiger partial charge on any atom is -0.477 e. The fraction of sp³-hybridized carbons (Fsp3) is 0.429. The van der Waals surface area contributed by atoms with Crippen LogP contribution in [0.25, 0.3) is 11.0 Å². The number of imidazole rings is 1. The van der Waals surface area contributed by atoms with Crippen molar-refractivity contribution in [1.82, 2.24) is 9.55 Å². The lowest BCUT2D eigenvalue weighted by Crippen LogP contribution is -2.13. The minimum absolute atomic E-state index is 0.301. The number of nitrogens with zero attached hydrogens (tertiary/aromatic N) is 3. The summed E-state index contributed by atoms with van der Waals surface area (Å²) in [5.41, 5.74) is 2.13. The normalized spacial score (nSPS) is 19.3. The molecule has 18 heavy (non-hydrogen) atoms. The van der Waals surface area contributed by atoms with E-state index in [0.717, 1.165) is 16.9 Å². The number of aliphatic imine (C=N–C) groups is 1. The van der Waals surface area contributed by atoms with Gasteiger partial charge >= 0.3 is 0 Å². The average molecular weight is 243 g/mol. The second-order valence-corrected chi connectivity index (χ2v) is 5.01. The second-order valence-electron chi connectivity index (χ2n) is 5.01. The van der Waals surface area contributed by atoms with Crippen LogP contribution < -0.4 is 0 Å². The minimum atomic E-state index is 0.301. The number of ether oxygens (including phenoxy) is 1. The van der Waals surface area contributed by atoms with Crippen LogP contribution in [0, 0.1) is 5.92 Å². The van der Waals surface area contributed by atoms with Gasteiger partial charge in [-0.3, -0.25) is 0 Å². The van der Waals surface area contributed by atoms with Crippen LogP contribution in [0.15, 0.2) is 35.6 Å². The van der Waals surface area contributed by atoms with Crippen LogP contribution in [0.3, 0.4) is 0 Å². The van der Waals surface area contributed by atoms with E-state index >= 15 is 0 Å². The van der Waals surface area contributed by atoms with Gasteiger partial charge < -0.3 is 9.30 Å². The SMILES string of the molecule is CC(C)[C@H]1COC(Cn2cnc3ccccc32)=N1. The summed E-state index contributed by atoms with van der Waals surface area (Å²) in [5.74, 6) is 1.35. The van der Waals surface area contributed by atoms with E-state index in [1.165, 1.54) is 0 Å². The second kappa shape index (κ2) is 4.44. The van der Waals surface area contributed by atoms with Crippen LogP contribution in [0.5, 0.6) is 0 Å². The molecule has 1 aliphatic heterocycles. The van der Waals surface area contributed by atoms with Crippen molar-refractivity contribution in [2.24, 2.45) is 10.9 Å². The molecule has 0 saturated heterocycles. The number of fused-ring (bicyclic) bond motifs is 1. The first kappa shape index (κ1) is 11.3. The molecule has 2 aromatic rings. The standard InChI is InChI=1S/C14H17N3O/c1-10(2)12-8-18-14(16-12)7-17-9-15-11-5-3-4-6-13(11)17/h3-6,9-10,12H,7-8H2,1-2H3/t12-/m1/s1. The molecule has 94 valence electrons. The Bertz CT molecular complexity index is 585. The van der Waals surface area contributed by atoms with Crippen molar-refractivity contribution >= 4 is 16.9 Å². The van der Waals surface area contributed by atoms with Gasteiger partial charge in [-0.05, 0) is 18.1 Å². The highest BCUT2D eigenvalue weighted by molar-refractivity contribution is 5.81. The lowest BCUT2D eigenvalue weighted by Gasteiger charge is -2.06. The van der Waals surface area contributed by atoms with E-state index in [9.17, 15) is 0 Å². The zero-order valence-corrected chi connectivity index (χ0v) is 10.7. The fourth-order valence-corrected chi connectivity index (χ4v) is 2.15. The van der Waals surface area contributed by atoms with E-state index in [1.54, 1.807) is 0 Å². The first-order chi connectivity index (χ1) is 8.74. The van der Waals surface area contributed by atoms with Gasteiger partial charge in [-0.25, -0.2) is 9.98 Å². The largest absolute Gasteiger partial charge is 0.477 e. The van der Waals surface area contributed by atoms with Crippen molar-refractivity contribution in [3.05, 3.63) is 30.6 Å². The molecule has 2 heterocycles. The van der Waals surface area contributed by atoms with Crippen LogP contribution in [0.1, 0.15) is 13.8 Å². The molecule has 0 amide bonds. The van der Waals surface area contributed by atoms with Crippen molar-refractivity contribution in [2.75, 3.05) is 6.61 Å². The van der Waals surface area contributed by atoms with Crippen molar-refractivity contribution in [3.8, 4) is 0 Å². The average Bonchev–Trinajstić information content (AvgIpc) is 2.98. The molecule has 1 atom stereocenters. The quantitative estimate of drug-likeness (QED) is 0.830. The summed E-state index contributed by atoms with van der Waals surface area (Å²) < 4.78 is 7.73. The number of hydrogen-bond donors (Lipinski definition) is 0. The summed E-state index contributed by atoms with van der Waals surface area (Å²) in [7, 11) is 0. The topological polar surface area (TPSA) is 39.4 Å². The zero-order chi connectivity index (χ0) is 12.5. The third-order valence-electron chi connectivity index (χ3n) is 3.33. The summed E-state index contributed by atoms with van der Waals surface area (Å²) >= 11 is 0. The summed E-state index contributed by atoms with van der Waals surface area (Å²) in [5, 5.41) is 0. The van der Waals surface area contributed by atoms with E-state index in [1.807, 2.05) is 24.5 Å². The third kappa shape index (κ3) is 1.98. The number of hydrogen-bond acceptors (Lipinski definition) is 3. The summed E-state index contributed by atoms with van der Waals surface area (Å²) in [6.07, 6.45) is 1.85. The molecular weight excluding hydrogens is 226 g/mol. The molecular formula is C14H17N3O. The number of para-hydroxylation sites is 2. The molecule has 0 fully saturated rings. The van der Waals surface area contributed by atoms with Gasteiger partial charge in [0.15, 0.2) is 0 Å². The molecule has 1 aromatic carbocycles. The fourth-order valence-electron chi connectivity index (χ4n) is 2.15. The van der Waals surface area contributed by atoms with Gasteiger partial charge in [0.1, 0.15) is 6.61 Å². The molecule has 0 unspecified atom stereocenters. The maximum Gasteiger partial charge on any atom is 0.204 e. The molecule has 0 spiro atoms. The predicted octanol–water partition coefficient (Wildman–Crippen LogP) is 2.49. The van der Waals surface area contributed by atoms with Gasteiger partial charge in [0, 0.05) is 0 Å². The third-order valence-corrected chi connectivity index (χ3v) is 3.33. The Hall–Kier alpha value is -1.84. The van der Waals surface area contributed by atoms with E-state index in [0.29, 0.717) is 25.1 Å². The summed E-state index contributed by atoms with van der Waals surface area (Å²) in [6.45, 7) is 5.73. The van der Waals surface area contributed by atoms with E-state index in [2.05, 4.69) is 34.5 Å². The predicted molar refractivity (Wildman–Crippen MR) is 71.7 cm³/mol. The molecule has 0 bridgehead atoms. The van der Waals surface area contributed by atoms with E-state index < -0.39 is 0 Å². The Morgan fingerprint density at radius 1 is 1.39 bits per heavy atom. The molecule has 3 rings (SSSR count). The molecule has 0 radical (unpaired) electrons. The number of benzene rings is 1. The van der Waals surface area contributed by atoms with Crippen LogP contribution in [-0.4, -0.2) is 28.1 Å². The zero-order valence-electron chi connectivity index (χ0n) is 10.7. The Morgan fingerprint density at radius 2 is 2.22 bits per heavy atom. The van der Waals surface area contributed by atoms with Crippen LogP contribution >= 0.6 is 0 Å². The first-order valence-electron chi connectivity index (χ1n) is 6.33. The van der Waals surface area contributed by atoms with Crippen molar-refractivity contribution in [3.63, 3.8) is 0 Å². The highest BCUT2D eigenvalue weighted by atomic mass is 16.5. The van der Waals surface area contributed by atoms with Gasteiger partial charge in [-0.1, -0.05) is 26.0 Å². The van der Waals surface area contributed by atoms with Gasteiger partial charge in [-0.2, -0.15) is 0 Å². The Morgan fingerprint density at radius 3 is 3.00 bits per heavy atom. The number of rotatable bonds is 3. The molecule has 1 aliphatic rings. The van der Waals surface area contributed by atoms with Crippen LogP contribution in [0.2, 0.25) is 0 Å². The van der Waals surface area contributed by atoms with Crippen LogP contribution in [-0.2, 0) is 11.3 Å². The van der Waals surface area contributed by atoms with Gasteiger partial charge in [0.2, 0.25) is 5.90 Å². The molecule has 0 aliphatic carbocycles. The maximum absolute atomic E-state index is 5.65. The molecule has 1 aromatic heterocycles. The molecule has 4 nitrogen and oxygen atoms in total. The smallest absolute Gasteiger partial charge is 0.204 e. The van der Waals surface area contributed by atoms with Crippen molar-refractivity contribution in [1.29, 1.82) is 0 Å². The Balaban J connectivity index is 1.83. The molecule has 4 heteroatoms. The first-order valence-corrected chi connectivity index (χ1v) is 6.33. The van der Waals surface area contributed by atoms with Crippen molar-refractivity contribution in [2.45, 2.75) is 26.4 Å². The monoisotopic (exact) mass is 243 g/mol. The lowest BCUT2D eigenvalue weighted by atomic mass is 10.1. The van der Waals surface area contributed by atoms with E-state index in [-0.39, 0.29) is 0 Å². The highest BCUT2D eigenvalue weighted by Crippen LogP contribution is 2.16. The summed E-state index contributed by atoms with van der Waals surface area (Å²) in [6, 6.07) is 8.40. The molecule has 0 saturated carbocycles. The highest BCUT2D eigenvalue weighted by Gasteiger charge is 2.21. The summed E-state index contributed by atoms with van der Waals surface area (Å²) in [4.78, 5) is 8.98. The Kier molecular flexibility index (Phi) is 2.78.